The van der Waals surface area contributed by atoms with Crippen LogP contribution in [0.4, 0.5) is 4.79 Å². The quantitative estimate of drug-likeness (QED) is 0.846. The lowest BCUT2D eigenvalue weighted by molar-refractivity contribution is 0.176. The number of urea groups is 1. The first-order valence-electron chi connectivity index (χ1n) is 7.23. The monoisotopic (exact) mass is 263 g/mol. The van der Waals surface area contributed by atoms with E-state index in [4.69, 9.17) is 4.52 Å². The number of hydrogen-bond acceptors (Lipinski definition) is 3. The van der Waals surface area contributed by atoms with Crippen LogP contribution in [-0.2, 0) is 13.0 Å². The molecule has 3 rings (SSSR count). The van der Waals surface area contributed by atoms with Gasteiger partial charge in [-0.3, -0.25) is 0 Å². The molecule has 0 aromatic carbocycles. The van der Waals surface area contributed by atoms with E-state index in [0.717, 1.165) is 37.3 Å². The van der Waals surface area contributed by atoms with Gasteiger partial charge >= 0.3 is 6.03 Å². The maximum Gasteiger partial charge on any atom is 0.318 e. The molecule has 0 spiro atoms. The highest BCUT2D eigenvalue weighted by Gasteiger charge is 2.27. The number of carbonyl (C=O) groups is 1. The van der Waals surface area contributed by atoms with Crippen molar-refractivity contribution < 1.29 is 9.32 Å². The molecule has 2 aliphatic rings. The fourth-order valence-electron chi connectivity index (χ4n) is 3.07. The van der Waals surface area contributed by atoms with Crippen molar-refractivity contribution >= 4 is 6.03 Å². The third-order valence-electron chi connectivity index (χ3n) is 4.25. The number of nitrogens with one attached hydrogen (secondary N) is 1. The Morgan fingerprint density at radius 2 is 2.16 bits per heavy atom. The third-order valence-corrected chi connectivity index (χ3v) is 4.25. The van der Waals surface area contributed by atoms with Crippen LogP contribution in [0.3, 0.4) is 0 Å². The molecule has 19 heavy (non-hydrogen) atoms. The van der Waals surface area contributed by atoms with E-state index >= 15 is 0 Å². The van der Waals surface area contributed by atoms with Gasteiger partial charge in [-0.05, 0) is 26.2 Å². The molecular formula is C14H21N3O2. The maximum absolute atomic E-state index is 12.2. The first kappa shape index (κ1) is 12.5. The number of amides is 2. The summed E-state index contributed by atoms with van der Waals surface area (Å²) in [6, 6.07) is 0.408. The van der Waals surface area contributed by atoms with Crippen LogP contribution in [0.15, 0.2) is 4.52 Å². The lowest BCUT2D eigenvalue weighted by Gasteiger charge is -2.29. The van der Waals surface area contributed by atoms with Crippen molar-refractivity contribution in [3.63, 3.8) is 0 Å². The highest BCUT2D eigenvalue weighted by Crippen LogP contribution is 2.22. The molecule has 0 atom stereocenters. The summed E-state index contributed by atoms with van der Waals surface area (Å²) in [6.45, 7) is 3.27. The molecular weight excluding hydrogens is 242 g/mol. The molecule has 0 bridgehead atoms. The molecule has 1 N–H and O–H groups in total. The summed E-state index contributed by atoms with van der Waals surface area (Å²) >= 11 is 0. The summed E-state index contributed by atoms with van der Waals surface area (Å²) in [6.07, 6.45) is 6.85. The predicted molar refractivity (Wildman–Crippen MR) is 70.8 cm³/mol. The van der Waals surface area contributed by atoms with Gasteiger partial charge in [0.2, 0.25) is 0 Å². The average Bonchev–Trinajstić information content (AvgIpc) is 2.81. The molecule has 5 nitrogen and oxygen atoms in total. The second kappa shape index (κ2) is 5.23. The van der Waals surface area contributed by atoms with Crippen LogP contribution in [0.1, 0.15) is 49.1 Å². The van der Waals surface area contributed by atoms with Crippen LogP contribution in [0, 0.1) is 6.92 Å². The van der Waals surface area contributed by atoms with Gasteiger partial charge in [0, 0.05) is 18.2 Å². The lowest BCUT2D eigenvalue weighted by atomic mass is 9.96. The zero-order valence-electron chi connectivity index (χ0n) is 11.4. The van der Waals surface area contributed by atoms with E-state index < -0.39 is 0 Å². The number of aryl methyl sites for hydroxylation is 1. The van der Waals surface area contributed by atoms with Gasteiger partial charge in [0.05, 0.1) is 12.2 Å². The number of nitrogens with zero attached hydrogens (tertiary/aromatic N) is 2. The minimum atomic E-state index is 0.0478. The summed E-state index contributed by atoms with van der Waals surface area (Å²) < 4.78 is 5.29. The molecule has 1 aliphatic carbocycles. The van der Waals surface area contributed by atoms with Crippen molar-refractivity contribution in [2.75, 3.05) is 6.54 Å². The second-order valence-electron chi connectivity index (χ2n) is 5.63. The molecule has 2 amide bonds. The number of hydrogen-bond donors (Lipinski definition) is 1. The number of aromatic nitrogens is 1. The standard InChI is InChI=1S/C14H21N3O2/c1-10-12-7-8-17(9-13(12)19-16-10)14(18)15-11-5-3-2-4-6-11/h11H,2-9H2,1H3,(H,15,18). The molecule has 0 saturated heterocycles. The van der Waals surface area contributed by atoms with E-state index in [1.165, 1.54) is 24.8 Å². The summed E-state index contributed by atoms with van der Waals surface area (Å²) in [4.78, 5) is 14.1. The van der Waals surface area contributed by atoms with E-state index in [2.05, 4.69) is 10.5 Å². The van der Waals surface area contributed by atoms with Crippen molar-refractivity contribution in [1.82, 2.24) is 15.4 Å². The van der Waals surface area contributed by atoms with Gasteiger partial charge in [-0.1, -0.05) is 24.4 Å². The van der Waals surface area contributed by atoms with Gasteiger partial charge in [-0.25, -0.2) is 4.79 Å². The van der Waals surface area contributed by atoms with E-state index in [9.17, 15) is 4.79 Å². The molecule has 0 unspecified atom stereocenters. The van der Waals surface area contributed by atoms with Crippen molar-refractivity contribution in [3.8, 4) is 0 Å². The Balaban J connectivity index is 1.59. The Kier molecular flexibility index (Phi) is 3.44. The first-order valence-corrected chi connectivity index (χ1v) is 7.23. The normalized spacial score (nSPS) is 20.2. The zero-order valence-corrected chi connectivity index (χ0v) is 11.4. The third kappa shape index (κ3) is 2.60. The predicted octanol–water partition coefficient (Wildman–Crippen LogP) is 2.38. The fourth-order valence-corrected chi connectivity index (χ4v) is 3.07. The Hall–Kier alpha value is -1.52. The van der Waals surface area contributed by atoms with Crippen molar-refractivity contribution in [1.29, 1.82) is 0 Å². The molecule has 1 aliphatic heterocycles. The topological polar surface area (TPSA) is 58.4 Å². The van der Waals surface area contributed by atoms with Gasteiger partial charge < -0.3 is 14.7 Å². The van der Waals surface area contributed by atoms with Crippen molar-refractivity contribution in [2.45, 2.75) is 58.0 Å². The smallest absolute Gasteiger partial charge is 0.318 e. The molecule has 1 aromatic rings. The van der Waals surface area contributed by atoms with Gasteiger partial charge in [0.25, 0.3) is 0 Å². The largest absolute Gasteiger partial charge is 0.359 e. The summed E-state index contributed by atoms with van der Waals surface area (Å²) in [7, 11) is 0. The Labute approximate surface area is 113 Å². The fraction of sp³-hybridized carbons (Fsp3) is 0.714. The van der Waals surface area contributed by atoms with Crippen LogP contribution in [0.25, 0.3) is 0 Å². The van der Waals surface area contributed by atoms with Gasteiger partial charge in [0.1, 0.15) is 0 Å². The molecule has 2 heterocycles. The maximum atomic E-state index is 12.2. The van der Waals surface area contributed by atoms with E-state index in [1.807, 2.05) is 11.8 Å². The zero-order chi connectivity index (χ0) is 13.2. The van der Waals surface area contributed by atoms with Gasteiger partial charge in [0.15, 0.2) is 5.76 Å². The summed E-state index contributed by atoms with van der Waals surface area (Å²) in [5.74, 6) is 0.850. The first-order chi connectivity index (χ1) is 9.24. The van der Waals surface area contributed by atoms with E-state index in [0.29, 0.717) is 12.6 Å². The Morgan fingerprint density at radius 3 is 2.95 bits per heavy atom. The van der Waals surface area contributed by atoms with E-state index in [1.54, 1.807) is 0 Å². The highest BCUT2D eigenvalue weighted by atomic mass is 16.5. The summed E-state index contributed by atoms with van der Waals surface area (Å²) in [5.41, 5.74) is 2.14. The van der Waals surface area contributed by atoms with Crippen LogP contribution in [-0.4, -0.2) is 28.7 Å². The second-order valence-corrected chi connectivity index (χ2v) is 5.63. The minimum absolute atomic E-state index is 0.0478. The molecule has 5 heteroatoms. The molecule has 1 aromatic heterocycles. The van der Waals surface area contributed by atoms with Crippen molar-refractivity contribution in [3.05, 3.63) is 17.0 Å². The van der Waals surface area contributed by atoms with Crippen LogP contribution >= 0.6 is 0 Å². The SMILES string of the molecule is Cc1noc2c1CCN(C(=O)NC1CCCCC1)C2. The summed E-state index contributed by atoms with van der Waals surface area (Å²) in [5, 5.41) is 7.13. The Morgan fingerprint density at radius 1 is 1.37 bits per heavy atom. The van der Waals surface area contributed by atoms with Crippen LogP contribution in [0.2, 0.25) is 0 Å². The number of rotatable bonds is 1. The van der Waals surface area contributed by atoms with Crippen LogP contribution < -0.4 is 5.32 Å². The molecule has 1 fully saturated rings. The Bertz CT molecular complexity index is 463. The van der Waals surface area contributed by atoms with Crippen LogP contribution in [0.5, 0.6) is 0 Å². The van der Waals surface area contributed by atoms with E-state index in [-0.39, 0.29) is 6.03 Å². The van der Waals surface area contributed by atoms with Crippen molar-refractivity contribution in [2.24, 2.45) is 0 Å². The molecule has 104 valence electrons. The minimum Gasteiger partial charge on any atom is -0.359 e. The molecule has 1 saturated carbocycles. The lowest BCUT2D eigenvalue weighted by Crippen LogP contribution is -2.47. The van der Waals surface area contributed by atoms with Gasteiger partial charge in [-0.15, -0.1) is 0 Å². The highest BCUT2D eigenvalue weighted by molar-refractivity contribution is 5.74. The molecule has 0 radical (unpaired) electrons. The number of carbonyl (C=O) groups excluding carboxylic acids is 1. The van der Waals surface area contributed by atoms with Gasteiger partial charge in [-0.2, -0.15) is 0 Å². The number of fused-ring (bicyclic) bond motifs is 1. The average molecular weight is 263 g/mol.